The molecular formula is C19H21N5O4S. The van der Waals surface area contributed by atoms with E-state index >= 15 is 0 Å². The highest BCUT2D eigenvalue weighted by Crippen LogP contribution is 2.32. The zero-order valence-electron chi connectivity index (χ0n) is 15.4. The van der Waals surface area contributed by atoms with Crippen molar-refractivity contribution >= 4 is 29.3 Å². The van der Waals surface area contributed by atoms with Gasteiger partial charge in [0.05, 0.1) is 0 Å². The first-order valence-corrected chi connectivity index (χ1v) is 9.24. The van der Waals surface area contributed by atoms with Crippen LogP contribution >= 0.6 is 12.2 Å². The van der Waals surface area contributed by atoms with Crippen LogP contribution < -0.4 is 36.7 Å². The fourth-order valence-electron chi connectivity index (χ4n) is 2.71. The van der Waals surface area contributed by atoms with Crippen molar-refractivity contribution in [3.63, 3.8) is 0 Å². The molecule has 0 bridgehead atoms. The van der Waals surface area contributed by atoms with Crippen LogP contribution in [0.15, 0.2) is 48.5 Å². The lowest BCUT2D eigenvalue weighted by atomic mass is 10.1. The van der Waals surface area contributed by atoms with Crippen LogP contribution in [0.25, 0.3) is 0 Å². The molecule has 9 nitrogen and oxygen atoms in total. The molecular weight excluding hydrogens is 394 g/mol. The molecule has 0 spiro atoms. The van der Waals surface area contributed by atoms with Crippen molar-refractivity contribution < 1.29 is 19.1 Å². The normalized spacial score (nSPS) is 12.6. The molecule has 0 saturated heterocycles. The first-order valence-electron chi connectivity index (χ1n) is 8.83. The lowest BCUT2D eigenvalue weighted by molar-refractivity contribution is -0.123. The average Bonchev–Trinajstić information content (AvgIpc) is 3.18. The number of nitrogens with one attached hydrogen (secondary N) is 4. The first kappa shape index (κ1) is 20.2. The van der Waals surface area contributed by atoms with Crippen LogP contribution in [0, 0.1) is 0 Å². The second-order valence-corrected chi connectivity index (χ2v) is 6.64. The fraction of sp³-hybridized carbons (Fsp3) is 0.211. The van der Waals surface area contributed by atoms with Crippen molar-refractivity contribution in [1.82, 2.24) is 21.5 Å². The Kier molecular flexibility index (Phi) is 6.69. The van der Waals surface area contributed by atoms with Crippen molar-refractivity contribution in [2.24, 2.45) is 5.73 Å². The van der Waals surface area contributed by atoms with Gasteiger partial charge in [-0.2, -0.15) is 0 Å². The Labute approximate surface area is 172 Å². The maximum Gasteiger partial charge on any atom is 0.312 e. The van der Waals surface area contributed by atoms with Crippen molar-refractivity contribution in [2.45, 2.75) is 19.0 Å². The molecule has 1 aliphatic heterocycles. The molecule has 0 radical (unpaired) electrons. The lowest BCUT2D eigenvalue weighted by Crippen LogP contribution is -2.55. The van der Waals surface area contributed by atoms with E-state index in [0.717, 1.165) is 11.1 Å². The van der Waals surface area contributed by atoms with Crippen LogP contribution in [-0.4, -0.2) is 29.9 Å². The van der Waals surface area contributed by atoms with Crippen molar-refractivity contribution in [2.75, 3.05) is 6.79 Å². The van der Waals surface area contributed by atoms with Gasteiger partial charge < -0.3 is 25.8 Å². The van der Waals surface area contributed by atoms with E-state index < -0.39 is 18.0 Å². The van der Waals surface area contributed by atoms with Crippen LogP contribution in [0.2, 0.25) is 0 Å². The molecule has 0 aromatic heterocycles. The molecule has 6 N–H and O–H groups in total. The van der Waals surface area contributed by atoms with Gasteiger partial charge in [-0.25, -0.2) is 4.79 Å². The Morgan fingerprint density at radius 3 is 2.55 bits per heavy atom. The fourth-order valence-corrected chi connectivity index (χ4v) is 2.84. The van der Waals surface area contributed by atoms with Gasteiger partial charge in [0.2, 0.25) is 6.79 Å². The summed E-state index contributed by atoms with van der Waals surface area (Å²) < 4.78 is 10.6. The van der Waals surface area contributed by atoms with E-state index in [9.17, 15) is 9.59 Å². The molecule has 0 fully saturated rings. The Hall–Kier alpha value is -3.53. The number of rotatable bonds is 6. The number of hydrogen-bond acceptors (Lipinski definition) is 5. The zero-order chi connectivity index (χ0) is 20.6. The Morgan fingerprint density at radius 1 is 1.03 bits per heavy atom. The molecule has 0 saturated carbocycles. The summed E-state index contributed by atoms with van der Waals surface area (Å²) >= 11 is 5.17. The van der Waals surface area contributed by atoms with Gasteiger partial charge in [-0.15, -0.1) is 0 Å². The number of carbonyl (C=O) groups is 2. The number of amides is 3. The summed E-state index contributed by atoms with van der Waals surface area (Å²) in [5.41, 5.74) is 12.1. The monoisotopic (exact) mass is 415 g/mol. The van der Waals surface area contributed by atoms with Crippen LogP contribution in [0.3, 0.4) is 0 Å². The standard InChI is InChI=1S/C19H21N5O4S/c20-18(26)22-14(8-12-4-2-1-3-5-12)17(25)23-24-19(29)21-10-13-6-7-15-16(9-13)28-11-27-15/h1-7,9,14H,8,10-11H2,(H,23,25)(H3,20,22,26)(H2,21,24,29). The molecule has 1 heterocycles. The second-order valence-electron chi connectivity index (χ2n) is 6.24. The Balaban J connectivity index is 1.48. The third-order valence-corrected chi connectivity index (χ3v) is 4.35. The molecule has 10 heteroatoms. The van der Waals surface area contributed by atoms with Crippen LogP contribution in [0.4, 0.5) is 4.79 Å². The van der Waals surface area contributed by atoms with Crippen LogP contribution in [-0.2, 0) is 17.8 Å². The van der Waals surface area contributed by atoms with Gasteiger partial charge in [0.25, 0.3) is 5.91 Å². The van der Waals surface area contributed by atoms with Gasteiger partial charge in [-0.05, 0) is 35.5 Å². The predicted octanol–water partition coefficient (Wildman–Crippen LogP) is 0.690. The summed E-state index contributed by atoms with van der Waals surface area (Å²) in [4.78, 5) is 23.7. The summed E-state index contributed by atoms with van der Waals surface area (Å²) in [5.74, 6) is 0.908. The van der Waals surface area contributed by atoms with E-state index in [1.807, 2.05) is 48.5 Å². The largest absolute Gasteiger partial charge is 0.454 e. The molecule has 0 aliphatic carbocycles. The smallest absolute Gasteiger partial charge is 0.312 e. The maximum absolute atomic E-state index is 12.4. The van der Waals surface area contributed by atoms with Gasteiger partial charge in [-0.3, -0.25) is 15.6 Å². The van der Waals surface area contributed by atoms with Crippen LogP contribution in [0.1, 0.15) is 11.1 Å². The number of carbonyl (C=O) groups excluding carboxylic acids is 2. The van der Waals surface area contributed by atoms with E-state index in [2.05, 4.69) is 21.5 Å². The Morgan fingerprint density at radius 2 is 1.79 bits per heavy atom. The first-order chi connectivity index (χ1) is 14.0. The molecule has 152 valence electrons. The topological polar surface area (TPSA) is 127 Å². The molecule has 2 aromatic rings. The molecule has 2 aromatic carbocycles. The lowest BCUT2D eigenvalue weighted by Gasteiger charge is -2.18. The summed E-state index contributed by atoms with van der Waals surface area (Å²) in [6.07, 6.45) is 0.286. The van der Waals surface area contributed by atoms with Crippen molar-refractivity contribution in [3.05, 3.63) is 59.7 Å². The number of thiocarbonyl (C=S) groups is 1. The number of hydrogen-bond donors (Lipinski definition) is 5. The Bertz CT molecular complexity index is 893. The molecule has 1 aliphatic rings. The quantitative estimate of drug-likeness (QED) is 0.347. The number of benzene rings is 2. The number of hydrazine groups is 1. The third-order valence-electron chi connectivity index (χ3n) is 4.10. The highest BCUT2D eigenvalue weighted by atomic mass is 32.1. The minimum Gasteiger partial charge on any atom is -0.454 e. The number of nitrogens with two attached hydrogens (primary N) is 1. The van der Waals surface area contributed by atoms with E-state index in [1.54, 1.807) is 0 Å². The third kappa shape index (κ3) is 5.98. The number of urea groups is 1. The summed E-state index contributed by atoms with van der Waals surface area (Å²) in [5, 5.41) is 5.62. The highest BCUT2D eigenvalue weighted by molar-refractivity contribution is 7.80. The van der Waals surface area contributed by atoms with Crippen molar-refractivity contribution in [1.29, 1.82) is 0 Å². The SMILES string of the molecule is NC(=O)NC(Cc1ccccc1)C(=O)NNC(=S)NCc1ccc2c(c1)OCO2. The average molecular weight is 415 g/mol. The summed E-state index contributed by atoms with van der Waals surface area (Å²) in [6, 6.07) is 13.2. The number of primary amides is 1. The van der Waals surface area contributed by atoms with Crippen molar-refractivity contribution in [3.8, 4) is 11.5 Å². The minimum absolute atomic E-state index is 0.210. The number of fused-ring (bicyclic) bond motifs is 1. The van der Waals surface area contributed by atoms with E-state index in [-0.39, 0.29) is 18.3 Å². The molecule has 3 rings (SSSR count). The predicted molar refractivity (Wildman–Crippen MR) is 110 cm³/mol. The van der Waals surface area contributed by atoms with Gasteiger partial charge in [0.15, 0.2) is 16.6 Å². The van der Waals surface area contributed by atoms with Gasteiger partial charge in [0, 0.05) is 13.0 Å². The van der Waals surface area contributed by atoms with Gasteiger partial charge >= 0.3 is 6.03 Å². The minimum atomic E-state index is -0.848. The molecule has 1 atom stereocenters. The summed E-state index contributed by atoms with van der Waals surface area (Å²) in [7, 11) is 0. The van der Waals surface area contributed by atoms with Gasteiger partial charge in [-0.1, -0.05) is 36.4 Å². The highest BCUT2D eigenvalue weighted by Gasteiger charge is 2.20. The maximum atomic E-state index is 12.4. The van der Waals surface area contributed by atoms with E-state index in [1.165, 1.54) is 0 Å². The number of ether oxygens (including phenoxy) is 2. The summed E-state index contributed by atoms with van der Waals surface area (Å²) in [6.45, 7) is 0.632. The zero-order valence-corrected chi connectivity index (χ0v) is 16.3. The molecule has 1 unspecified atom stereocenters. The van der Waals surface area contributed by atoms with Crippen LogP contribution in [0.5, 0.6) is 11.5 Å². The second kappa shape index (κ2) is 9.60. The van der Waals surface area contributed by atoms with Gasteiger partial charge in [0.1, 0.15) is 6.04 Å². The van der Waals surface area contributed by atoms with E-state index in [4.69, 9.17) is 27.4 Å². The molecule has 29 heavy (non-hydrogen) atoms. The van der Waals surface area contributed by atoms with E-state index in [0.29, 0.717) is 18.0 Å². The molecule has 3 amide bonds.